The number of nitrogens with zero attached hydrogens (tertiary/aromatic N) is 1. The number of nitrogens with one attached hydrogen (secondary N) is 2. The molecular formula is C14H18F3N3O2. The standard InChI is InChI=1S/C14H18F3N3O2/c1-9-7-18-6-4-11(9)20-12(21)10-3-2-5-19-13(10)22-8-14(15,16)17/h2-3,5,9,11,18H,4,6-8H2,1H3,(H,20,21). The maximum absolute atomic E-state index is 12.3. The first-order chi connectivity index (χ1) is 10.4. The van der Waals surface area contributed by atoms with Gasteiger partial charge in [0, 0.05) is 12.2 Å². The molecule has 1 aromatic rings. The van der Waals surface area contributed by atoms with Gasteiger partial charge in [0.25, 0.3) is 5.91 Å². The monoisotopic (exact) mass is 317 g/mol. The van der Waals surface area contributed by atoms with Gasteiger partial charge in [-0.05, 0) is 37.6 Å². The third-order valence-electron chi connectivity index (χ3n) is 3.49. The van der Waals surface area contributed by atoms with E-state index >= 15 is 0 Å². The van der Waals surface area contributed by atoms with Gasteiger partial charge < -0.3 is 15.4 Å². The highest BCUT2D eigenvalue weighted by atomic mass is 19.4. The lowest BCUT2D eigenvalue weighted by Crippen LogP contribution is -2.48. The van der Waals surface area contributed by atoms with Gasteiger partial charge in [-0.3, -0.25) is 4.79 Å². The molecule has 2 heterocycles. The Morgan fingerprint density at radius 1 is 1.55 bits per heavy atom. The summed E-state index contributed by atoms with van der Waals surface area (Å²) in [6, 6.07) is 2.87. The molecule has 1 aromatic heterocycles. The van der Waals surface area contributed by atoms with Crippen LogP contribution in [0.2, 0.25) is 0 Å². The van der Waals surface area contributed by atoms with Crippen LogP contribution in [0.3, 0.4) is 0 Å². The highest BCUT2D eigenvalue weighted by Gasteiger charge is 2.30. The first kappa shape index (κ1) is 16.5. The molecule has 8 heteroatoms. The molecule has 0 saturated carbocycles. The minimum atomic E-state index is -4.48. The maximum atomic E-state index is 12.3. The van der Waals surface area contributed by atoms with Crippen LogP contribution in [-0.2, 0) is 0 Å². The number of alkyl halides is 3. The number of hydrogen-bond donors (Lipinski definition) is 2. The fourth-order valence-corrected chi connectivity index (χ4v) is 2.30. The Labute approximate surface area is 126 Å². The smallest absolute Gasteiger partial charge is 0.422 e. The second-order valence-corrected chi connectivity index (χ2v) is 5.31. The minimum Gasteiger partial charge on any atom is -0.467 e. The topological polar surface area (TPSA) is 63.2 Å². The van der Waals surface area contributed by atoms with Crippen LogP contribution in [0, 0.1) is 5.92 Å². The van der Waals surface area contributed by atoms with E-state index in [-0.39, 0.29) is 23.4 Å². The Morgan fingerprint density at radius 2 is 2.32 bits per heavy atom. The lowest BCUT2D eigenvalue weighted by molar-refractivity contribution is -0.154. The van der Waals surface area contributed by atoms with Gasteiger partial charge in [-0.15, -0.1) is 0 Å². The van der Waals surface area contributed by atoms with Crippen molar-refractivity contribution in [2.75, 3.05) is 19.7 Å². The zero-order valence-corrected chi connectivity index (χ0v) is 12.1. The fraction of sp³-hybridized carbons (Fsp3) is 0.571. The number of carbonyl (C=O) groups is 1. The molecule has 0 aliphatic carbocycles. The van der Waals surface area contributed by atoms with Crippen molar-refractivity contribution >= 4 is 5.91 Å². The van der Waals surface area contributed by atoms with E-state index in [9.17, 15) is 18.0 Å². The summed E-state index contributed by atoms with van der Waals surface area (Å²) in [6.45, 7) is 2.10. The number of carbonyl (C=O) groups excluding carboxylic acids is 1. The van der Waals surface area contributed by atoms with E-state index in [4.69, 9.17) is 0 Å². The Hall–Kier alpha value is -1.83. The van der Waals surface area contributed by atoms with E-state index in [1.54, 1.807) is 0 Å². The first-order valence-electron chi connectivity index (χ1n) is 7.03. The molecule has 0 bridgehead atoms. The van der Waals surface area contributed by atoms with Gasteiger partial charge >= 0.3 is 6.18 Å². The molecular weight excluding hydrogens is 299 g/mol. The summed E-state index contributed by atoms with van der Waals surface area (Å²) in [4.78, 5) is 16.0. The number of pyridine rings is 1. The van der Waals surface area contributed by atoms with E-state index in [1.807, 2.05) is 6.92 Å². The molecule has 22 heavy (non-hydrogen) atoms. The normalized spacial score (nSPS) is 22.2. The molecule has 2 rings (SSSR count). The van der Waals surface area contributed by atoms with Crippen LogP contribution < -0.4 is 15.4 Å². The van der Waals surface area contributed by atoms with Gasteiger partial charge in [-0.2, -0.15) is 13.2 Å². The van der Waals surface area contributed by atoms with E-state index < -0.39 is 18.7 Å². The van der Waals surface area contributed by atoms with Gasteiger partial charge in [0.05, 0.1) is 0 Å². The van der Waals surface area contributed by atoms with E-state index in [0.717, 1.165) is 19.5 Å². The number of halogens is 3. The summed E-state index contributed by atoms with van der Waals surface area (Å²) < 4.78 is 41.3. The summed E-state index contributed by atoms with van der Waals surface area (Å²) in [7, 11) is 0. The molecule has 0 aromatic carbocycles. The Morgan fingerprint density at radius 3 is 3.00 bits per heavy atom. The number of ether oxygens (including phenoxy) is 1. The third-order valence-corrected chi connectivity index (χ3v) is 3.49. The molecule has 2 N–H and O–H groups in total. The number of hydrogen-bond acceptors (Lipinski definition) is 4. The van der Waals surface area contributed by atoms with Gasteiger partial charge in [0.15, 0.2) is 6.61 Å². The lowest BCUT2D eigenvalue weighted by Gasteiger charge is -2.30. The zero-order valence-electron chi connectivity index (χ0n) is 12.1. The van der Waals surface area contributed by atoms with Crippen molar-refractivity contribution in [1.82, 2.24) is 15.6 Å². The Kier molecular flexibility index (Phi) is 5.23. The summed E-state index contributed by atoms with van der Waals surface area (Å²) in [5, 5.41) is 6.05. The lowest BCUT2D eigenvalue weighted by atomic mass is 9.95. The van der Waals surface area contributed by atoms with E-state index in [2.05, 4.69) is 20.4 Å². The van der Waals surface area contributed by atoms with Crippen LogP contribution in [-0.4, -0.2) is 42.8 Å². The highest BCUT2D eigenvalue weighted by molar-refractivity contribution is 5.96. The molecule has 1 amide bonds. The first-order valence-corrected chi connectivity index (χ1v) is 7.03. The van der Waals surface area contributed by atoms with Gasteiger partial charge in [-0.1, -0.05) is 6.92 Å². The van der Waals surface area contributed by atoms with Crippen molar-refractivity contribution in [3.8, 4) is 5.88 Å². The molecule has 2 unspecified atom stereocenters. The largest absolute Gasteiger partial charge is 0.467 e. The fourth-order valence-electron chi connectivity index (χ4n) is 2.30. The van der Waals surface area contributed by atoms with Crippen LogP contribution in [0.5, 0.6) is 5.88 Å². The summed E-state index contributed by atoms with van der Waals surface area (Å²) in [5.41, 5.74) is 0.0116. The van der Waals surface area contributed by atoms with Crippen molar-refractivity contribution in [3.63, 3.8) is 0 Å². The molecule has 5 nitrogen and oxygen atoms in total. The average molecular weight is 317 g/mol. The second-order valence-electron chi connectivity index (χ2n) is 5.31. The van der Waals surface area contributed by atoms with Gasteiger partial charge in [0.2, 0.25) is 5.88 Å². The van der Waals surface area contributed by atoms with Crippen molar-refractivity contribution < 1.29 is 22.7 Å². The SMILES string of the molecule is CC1CNCCC1NC(=O)c1cccnc1OCC(F)(F)F. The summed E-state index contributed by atoms with van der Waals surface area (Å²) in [6.07, 6.45) is -2.42. The third kappa shape index (κ3) is 4.59. The molecule has 1 aliphatic heterocycles. The molecule has 122 valence electrons. The summed E-state index contributed by atoms with van der Waals surface area (Å²) in [5.74, 6) is -0.531. The van der Waals surface area contributed by atoms with E-state index in [1.165, 1.54) is 18.3 Å². The number of rotatable bonds is 4. The highest BCUT2D eigenvalue weighted by Crippen LogP contribution is 2.20. The predicted octanol–water partition coefficient (Wildman–Crippen LogP) is 1.75. The van der Waals surface area contributed by atoms with Gasteiger partial charge in [-0.25, -0.2) is 4.98 Å². The molecule has 1 aliphatic rings. The maximum Gasteiger partial charge on any atom is 0.422 e. The minimum absolute atomic E-state index is 0.0116. The van der Waals surface area contributed by atoms with Crippen LogP contribution in [0.1, 0.15) is 23.7 Å². The second kappa shape index (κ2) is 6.95. The van der Waals surface area contributed by atoms with Crippen molar-refractivity contribution in [1.29, 1.82) is 0 Å². The average Bonchev–Trinajstić information content (AvgIpc) is 2.47. The molecule has 0 radical (unpaired) electrons. The van der Waals surface area contributed by atoms with Crippen molar-refractivity contribution in [3.05, 3.63) is 23.9 Å². The summed E-state index contributed by atoms with van der Waals surface area (Å²) >= 11 is 0. The van der Waals surface area contributed by atoms with E-state index in [0.29, 0.717) is 0 Å². The Balaban J connectivity index is 2.05. The molecule has 1 saturated heterocycles. The molecule has 2 atom stereocenters. The van der Waals surface area contributed by atoms with Crippen LogP contribution in [0.15, 0.2) is 18.3 Å². The number of amides is 1. The Bertz CT molecular complexity index is 522. The number of aromatic nitrogens is 1. The quantitative estimate of drug-likeness (QED) is 0.888. The van der Waals surface area contributed by atoms with Crippen molar-refractivity contribution in [2.45, 2.75) is 25.6 Å². The zero-order chi connectivity index (χ0) is 16.2. The molecule has 0 spiro atoms. The van der Waals surface area contributed by atoms with Crippen LogP contribution in [0.25, 0.3) is 0 Å². The van der Waals surface area contributed by atoms with Crippen LogP contribution >= 0.6 is 0 Å². The van der Waals surface area contributed by atoms with Crippen molar-refractivity contribution in [2.24, 2.45) is 5.92 Å². The molecule has 1 fully saturated rings. The van der Waals surface area contributed by atoms with Gasteiger partial charge in [0.1, 0.15) is 5.56 Å². The number of piperidine rings is 1. The van der Waals surface area contributed by atoms with Crippen LogP contribution in [0.4, 0.5) is 13.2 Å². The predicted molar refractivity (Wildman–Crippen MR) is 73.7 cm³/mol.